The van der Waals surface area contributed by atoms with Crippen LogP contribution in [0.15, 0.2) is 24.3 Å². The van der Waals surface area contributed by atoms with Gasteiger partial charge in [0.05, 0.1) is 0 Å². The number of nitrogens with zero attached hydrogens (tertiary/aromatic N) is 1. The van der Waals surface area contributed by atoms with E-state index in [0.29, 0.717) is 0 Å². The maximum absolute atomic E-state index is 5.24. The van der Waals surface area contributed by atoms with Crippen LogP contribution in [0.25, 0.3) is 21.3 Å². The van der Waals surface area contributed by atoms with Crippen molar-refractivity contribution >= 4 is 21.6 Å². The quantitative estimate of drug-likeness (QED) is 0.624. The Kier molecular flexibility index (Phi) is 5.55. The highest BCUT2D eigenvalue weighted by Crippen LogP contribution is 2.46. The van der Waals surface area contributed by atoms with Gasteiger partial charge in [-0.1, -0.05) is 50.1 Å². The predicted molar refractivity (Wildman–Crippen MR) is 117 cm³/mol. The molecule has 0 aliphatic heterocycles. The van der Waals surface area contributed by atoms with Crippen LogP contribution in [-0.4, -0.2) is 4.98 Å². The van der Waals surface area contributed by atoms with Crippen molar-refractivity contribution in [2.24, 2.45) is 11.8 Å². The fourth-order valence-electron chi connectivity index (χ4n) is 5.18. The molecular formula is C25H29ClNS-. The summed E-state index contributed by atoms with van der Waals surface area (Å²) in [5.74, 6) is 1.63. The molecule has 28 heavy (non-hydrogen) atoms. The SMILES string of the molecule is CCC1CCc2nc3sc4c(c3c(-c3cccc(C)c3)c2C1)CCC(C)C4.[Cl-]. The zero-order chi connectivity index (χ0) is 18.5. The minimum Gasteiger partial charge on any atom is -1.00 e. The molecule has 0 radical (unpaired) electrons. The van der Waals surface area contributed by atoms with Crippen molar-refractivity contribution in [3.05, 3.63) is 51.5 Å². The molecule has 5 rings (SSSR count). The highest BCUT2D eigenvalue weighted by atomic mass is 35.5. The Labute approximate surface area is 179 Å². The number of rotatable bonds is 2. The Morgan fingerprint density at radius 2 is 1.96 bits per heavy atom. The number of pyridine rings is 1. The Morgan fingerprint density at radius 3 is 2.75 bits per heavy atom. The standard InChI is InChI=1S/C25H29NS.ClH/c1-4-17-9-11-21-20(14-17)23(18-7-5-6-15(2)12-18)24-19-10-8-16(3)13-22(19)27-25(24)26-21;/h5-7,12,16-17H,4,8-11,13-14H2,1-3H3;1H/p-1. The molecule has 1 nitrogen and oxygen atoms in total. The van der Waals surface area contributed by atoms with E-state index in [1.807, 2.05) is 11.3 Å². The molecule has 0 amide bonds. The Hall–Kier alpha value is -1.38. The molecule has 0 saturated carbocycles. The second-order valence-corrected chi connectivity index (χ2v) is 9.91. The molecule has 0 saturated heterocycles. The summed E-state index contributed by atoms with van der Waals surface area (Å²) in [5.41, 5.74) is 8.87. The number of aromatic nitrogens is 1. The molecule has 3 aromatic rings. The highest BCUT2D eigenvalue weighted by Gasteiger charge is 2.29. The highest BCUT2D eigenvalue weighted by molar-refractivity contribution is 7.19. The van der Waals surface area contributed by atoms with Crippen LogP contribution in [0.2, 0.25) is 0 Å². The van der Waals surface area contributed by atoms with E-state index in [2.05, 4.69) is 45.0 Å². The molecule has 2 heterocycles. The smallest absolute Gasteiger partial charge is 0.124 e. The van der Waals surface area contributed by atoms with Crippen molar-refractivity contribution in [3.8, 4) is 11.1 Å². The maximum Gasteiger partial charge on any atom is 0.124 e. The summed E-state index contributed by atoms with van der Waals surface area (Å²) in [7, 11) is 0. The van der Waals surface area contributed by atoms with Crippen LogP contribution in [0, 0.1) is 18.8 Å². The molecule has 2 aliphatic carbocycles. The number of benzene rings is 1. The van der Waals surface area contributed by atoms with Gasteiger partial charge in [0.25, 0.3) is 0 Å². The minimum absolute atomic E-state index is 0. The Morgan fingerprint density at radius 1 is 1.11 bits per heavy atom. The summed E-state index contributed by atoms with van der Waals surface area (Å²) in [6.07, 6.45) is 8.74. The summed E-state index contributed by atoms with van der Waals surface area (Å²) in [6.45, 7) is 6.97. The van der Waals surface area contributed by atoms with Crippen LogP contribution in [0.4, 0.5) is 0 Å². The number of aryl methyl sites for hydroxylation is 3. The van der Waals surface area contributed by atoms with Gasteiger partial charge in [-0.3, -0.25) is 0 Å². The molecule has 148 valence electrons. The largest absolute Gasteiger partial charge is 1.00 e. The monoisotopic (exact) mass is 410 g/mol. The van der Waals surface area contributed by atoms with Gasteiger partial charge in [0.2, 0.25) is 0 Å². The van der Waals surface area contributed by atoms with Gasteiger partial charge in [0.1, 0.15) is 4.83 Å². The molecular weight excluding hydrogens is 382 g/mol. The van der Waals surface area contributed by atoms with Crippen LogP contribution in [0.1, 0.15) is 60.4 Å². The molecule has 0 bridgehead atoms. The number of hydrogen-bond donors (Lipinski definition) is 0. The maximum atomic E-state index is 5.24. The van der Waals surface area contributed by atoms with Crippen molar-refractivity contribution in [1.82, 2.24) is 4.98 Å². The Balaban J connectivity index is 0.00000192. The van der Waals surface area contributed by atoms with Gasteiger partial charge >= 0.3 is 0 Å². The molecule has 0 N–H and O–H groups in total. The van der Waals surface area contributed by atoms with Gasteiger partial charge in [-0.15, -0.1) is 11.3 Å². The molecule has 2 aliphatic rings. The number of hydrogen-bond acceptors (Lipinski definition) is 2. The van der Waals surface area contributed by atoms with Gasteiger partial charge in [-0.25, -0.2) is 4.98 Å². The van der Waals surface area contributed by atoms with Crippen LogP contribution >= 0.6 is 11.3 Å². The van der Waals surface area contributed by atoms with E-state index in [-0.39, 0.29) is 12.4 Å². The second kappa shape index (κ2) is 7.80. The summed E-state index contributed by atoms with van der Waals surface area (Å²) in [6, 6.07) is 9.16. The van der Waals surface area contributed by atoms with Gasteiger partial charge in [0.15, 0.2) is 0 Å². The lowest BCUT2D eigenvalue weighted by Gasteiger charge is -2.26. The lowest BCUT2D eigenvalue weighted by molar-refractivity contribution is -0.00000561. The normalized spacial score (nSPS) is 21.1. The number of fused-ring (bicyclic) bond motifs is 4. The summed E-state index contributed by atoms with van der Waals surface area (Å²) >= 11 is 1.98. The molecule has 1 aromatic carbocycles. The molecule has 2 aromatic heterocycles. The van der Waals surface area contributed by atoms with Crippen molar-refractivity contribution in [2.45, 2.75) is 65.7 Å². The van der Waals surface area contributed by atoms with Crippen LogP contribution in [0.3, 0.4) is 0 Å². The minimum atomic E-state index is 0. The third kappa shape index (κ3) is 3.29. The number of thiophene rings is 1. The first-order valence-corrected chi connectivity index (χ1v) is 11.5. The van der Waals surface area contributed by atoms with Crippen LogP contribution in [-0.2, 0) is 25.7 Å². The second-order valence-electron chi connectivity index (χ2n) is 8.83. The average Bonchev–Trinajstić information content (AvgIpc) is 3.02. The average molecular weight is 411 g/mol. The van der Waals surface area contributed by atoms with E-state index in [4.69, 9.17) is 4.98 Å². The molecule has 0 fully saturated rings. The molecule has 2 unspecified atom stereocenters. The van der Waals surface area contributed by atoms with Gasteiger partial charge in [0, 0.05) is 16.0 Å². The zero-order valence-corrected chi connectivity index (χ0v) is 18.7. The summed E-state index contributed by atoms with van der Waals surface area (Å²) in [5, 5.41) is 1.50. The number of halogens is 1. The lowest BCUT2D eigenvalue weighted by Crippen LogP contribution is -3.00. The van der Waals surface area contributed by atoms with E-state index >= 15 is 0 Å². The van der Waals surface area contributed by atoms with Crippen molar-refractivity contribution in [3.63, 3.8) is 0 Å². The summed E-state index contributed by atoms with van der Waals surface area (Å²) in [4.78, 5) is 8.16. The molecule has 0 spiro atoms. The van der Waals surface area contributed by atoms with E-state index in [1.165, 1.54) is 71.1 Å². The van der Waals surface area contributed by atoms with E-state index in [9.17, 15) is 0 Å². The van der Waals surface area contributed by atoms with Gasteiger partial charge in [-0.05, 0) is 79.5 Å². The van der Waals surface area contributed by atoms with E-state index in [1.54, 1.807) is 16.0 Å². The van der Waals surface area contributed by atoms with Crippen molar-refractivity contribution in [1.29, 1.82) is 0 Å². The van der Waals surface area contributed by atoms with E-state index in [0.717, 1.165) is 18.3 Å². The van der Waals surface area contributed by atoms with Crippen LogP contribution < -0.4 is 12.4 Å². The first kappa shape index (κ1) is 19.9. The fraction of sp³-hybridized carbons (Fsp3) is 0.480. The topological polar surface area (TPSA) is 12.9 Å². The third-order valence-corrected chi connectivity index (χ3v) is 7.94. The first-order valence-electron chi connectivity index (χ1n) is 10.7. The first-order chi connectivity index (χ1) is 13.1. The Bertz CT molecular complexity index is 1020. The van der Waals surface area contributed by atoms with Crippen molar-refractivity contribution in [2.75, 3.05) is 0 Å². The predicted octanol–water partition coefficient (Wildman–Crippen LogP) is 3.92. The molecule has 2 atom stereocenters. The van der Waals surface area contributed by atoms with Gasteiger partial charge in [-0.2, -0.15) is 0 Å². The van der Waals surface area contributed by atoms with Crippen LogP contribution in [0.5, 0.6) is 0 Å². The third-order valence-electron chi connectivity index (χ3n) is 6.80. The lowest BCUT2D eigenvalue weighted by atomic mass is 9.79. The van der Waals surface area contributed by atoms with Crippen molar-refractivity contribution < 1.29 is 12.4 Å². The zero-order valence-electron chi connectivity index (χ0n) is 17.1. The van der Waals surface area contributed by atoms with E-state index < -0.39 is 0 Å². The summed E-state index contributed by atoms with van der Waals surface area (Å²) < 4.78 is 0. The molecule has 3 heteroatoms. The fourth-order valence-corrected chi connectivity index (χ4v) is 6.60. The van der Waals surface area contributed by atoms with Gasteiger partial charge < -0.3 is 12.4 Å².